The van der Waals surface area contributed by atoms with Gasteiger partial charge >= 0.3 is 12.4 Å². The molecule has 4 nitrogen and oxygen atoms in total. The molecule has 0 bridgehead atoms. The highest BCUT2D eigenvalue weighted by molar-refractivity contribution is 5.84. The number of aromatic nitrogens is 2. The Morgan fingerprint density at radius 1 is 0.769 bits per heavy atom. The highest BCUT2D eigenvalue weighted by Crippen LogP contribution is 2.34. The van der Waals surface area contributed by atoms with Crippen LogP contribution in [0, 0.1) is 0 Å². The van der Waals surface area contributed by atoms with E-state index < -0.39 is 23.5 Å². The van der Waals surface area contributed by atoms with Gasteiger partial charge in [-0.25, -0.2) is 4.98 Å². The van der Waals surface area contributed by atoms with Gasteiger partial charge in [-0.2, -0.15) is 26.3 Å². The SMILES string of the molecule is CC(C)N=c1cc2n(-c3ccc(C(F)(F)F)cc3)c3ccccc3nc-2cc1Nc1ccc(C(F)(F)F)cc1. The Morgan fingerprint density at radius 2 is 1.36 bits per heavy atom. The summed E-state index contributed by atoms with van der Waals surface area (Å²) in [6, 6.07) is 20.2. The quantitative estimate of drug-likeness (QED) is 0.184. The van der Waals surface area contributed by atoms with Crippen molar-refractivity contribution in [1.82, 2.24) is 9.55 Å². The minimum absolute atomic E-state index is 0.122. The standard InChI is InChI=1S/C29H22F6N4/c1-17(2)36-24-16-27-25(15-23(24)37-20-11-7-18(8-12-20)28(30,31)32)38-22-5-3-4-6-26(22)39(27)21-13-9-19(10-14-21)29(33,34)35/h3-17,37H,1-2H3. The maximum absolute atomic E-state index is 13.2. The van der Waals surface area contributed by atoms with Crippen LogP contribution in [-0.2, 0) is 12.4 Å². The van der Waals surface area contributed by atoms with Crippen molar-refractivity contribution in [2.24, 2.45) is 4.99 Å². The first-order valence-corrected chi connectivity index (χ1v) is 12.0. The van der Waals surface area contributed by atoms with E-state index in [1.807, 2.05) is 36.6 Å². The number of alkyl halides is 6. The fraction of sp³-hybridized carbons (Fsp3) is 0.172. The Bertz CT molecular complexity index is 1660. The zero-order valence-corrected chi connectivity index (χ0v) is 20.8. The van der Waals surface area contributed by atoms with E-state index in [0.717, 1.165) is 24.3 Å². The molecule has 200 valence electrons. The Kier molecular flexibility index (Phi) is 6.57. The van der Waals surface area contributed by atoms with Gasteiger partial charge in [-0.1, -0.05) is 12.1 Å². The van der Waals surface area contributed by atoms with Crippen LogP contribution in [0.15, 0.2) is 89.9 Å². The van der Waals surface area contributed by atoms with E-state index in [4.69, 9.17) is 9.98 Å². The van der Waals surface area contributed by atoms with E-state index in [1.54, 1.807) is 18.2 Å². The summed E-state index contributed by atoms with van der Waals surface area (Å²) in [7, 11) is 0. The Balaban J connectivity index is 1.71. The largest absolute Gasteiger partial charge is 0.416 e. The van der Waals surface area contributed by atoms with Crippen molar-refractivity contribution in [1.29, 1.82) is 0 Å². The molecule has 0 aromatic heterocycles. The molecule has 0 saturated carbocycles. The zero-order chi connectivity index (χ0) is 27.9. The van der Waals surface area contributed by atoms with Crippen LogP contribution in [0.2, 0.25) is 0 Å². The molecule has 5 rings (SSSR count). The fourth-order valence-corrected chi connectivity index (χ4v) is 4.30. The predicted octanol–water partition coefficient (Wildman–Crippen LogP) is 8.22. The third kappa shape index (κ3) is 5.45. The molecule has 0 unspecified atom stereocenters. The Labute approximate surface area is 219 Å². The molecule has 1 aliphatic carbocycles. The van der Waals surface area contributed by atoms with E-state index in [1.165, 1.54) is 24.3 Å². The predicted molar refractivity (Wildman–Crippen MR) is 138 cm³/mol. The van der Waals surface area contributed by atoms with Gasteiger partial charge in [-0.3, -0.25) is 4.99 Å². The van der Waals surface area contributed by atoms with Crippen molar-refractivity contribution in [3.8, 4) is 17.1 Å². The van der Waals surface area contributed by atoms with Crippen molar-refractivity contribution in [2.45, 2.75) is 32.2 Å². The summed E-state index contributed by atoms with van der Waals surface area (Å²) in [5.41, 5.74) is 2.36. The highest BCUT2D eigenvalue weighted by atomic mass is 19.4. The lowest BCUT2D eigenvalue weighted by atomic mass is 10.1. The average Bonchev–Trinajstić information content (AvgIpc) is 2.87. The normalized spacial score (nSPS) is 13.0. The maximum atomic E-state index is 13.2. The first-order valence-electron chi connectivity index (χ1n) is 12.0. The number of hydrogen-bond acceptors (Lipinski definition) is 3. The number of hydrogen-bond donors (Lipinski definition) is 1. The van der Waals surface area contributed by atoms with Crippen LogP contribution < -0.4 is 10.7 Å². The van der Waals surface area contributed by atoms with Crippen LogP contribution >= 0.6 is 0 Å². The molecule has 1 aliphatic heterocycles. The molecule has 1 N–H and O–H groups in total. The van der Waals surface area contributed by atoms with Crippen LogP contribution in [0.1, 0.15) is 25.0 Å². The van der Waals surface area contributed by atoms with Crippen LogP contribution in [0.4, 0.5) is 37.7 Å². The molecule has 10 heteroatoms. The molecule has 0 spiro atoms. The fourth-order valence-electron chi connectivity index (χ4n) is 4.30. The van der Waals surface area contributed by atoms with Crippen LogP contribution in [-0.4, -0.2) is 15.6 Å². The lowest BCUT2D eigenvalue weighted by molar-refractivity contribution is -0.138. The van der Waals surface area contributed by atoms with Crippen molar-refractivity contribution in [3.05, 3.63) is 101 Å². The van der Waals surface area contributed by atoms with Gasteiger partial charge in [0.15, 0.2) is 0 Å². The van der Waals surface area contributed by atoms with Gasteiger partial charge < -0.3 is 9.88 Å². The molecule has 2 aliphatic rings. The maximum Gasteiger partial charge on any atom is 0.416 e. The topological polar surface area (TPSA) is 42.2 Å². The average molecular weight is 541 g/mol. The van der Waals surface area contributed by atoms with Crippen molar-refractivity contribution < 1.29 is 26.3 Å². The van der Waals surface area contributed by atoms with E-state index in [9.17, 15) is 26.3 Å². The first kappa shape index (κ1) is 26.3. The number of anilines is 2. The van der Waals surface area contributed by atoms with E-state index >= 15 is 0 Å². The number of benzene rings is 4. The molecular formula is C29H22F6N4. The number of nitrogens with one attached hydrogen (secondary N) is 1. The second-order valence-electron chi connectivity index (χ2n) is 9.26. The summed E-state index contributed by atoms with van der Waals surface area (Å²) >= 11 is 0. The third-order valence-corrected chi connectivity index (χ3v) is 6.04. The molecule has 1 heterocycles. The van der Waals surface area contributed by atoms with Crippen LogP contribution in [0.3, 0.4) is 0 Å². The minimum atomic E-state index is -4.46. The van der Waals surface area contributed by atoms with Gasteiger partial charge in [0.1, 0.15) is 0 Å². The molecular weight excluding hydrogens is 518 g/mol. The summed E-state index contributed by atoms with van der Waals surface area (Å²) < 4.78 is 80.5. The number of nitrogens with zero attached hydrogens (tertiary/aromatic N) is 3. The van der Waals surface area contributed by atoms with E-state index in [2.05, 4.69) is 5.32 Å². The summed E-state index contributed by atoms with van der Waals surface area (Å²) in [6.07, 6.45) is -8.91. The van der Waals surface area contributed by atoms with Gasteiger partial charge in [0.25, 0.3) is 0 Å². The van der Waals surface area contributed by atoms with Crippen LogP contribution in [0.25, 0.3) is 28.1 Å². The second-order valence-corrected chi connectivity index (χ2v) is 9.26. The molecule has 0 amide bonds. The Hall–Kier alpha value is -4.34. The lowest BCUT2D eigenvalue weighted by Gasteiger charge is -2.21. The van der Waals surface area contributed by atoms with Crippen molar-refractivity contribution in [3.63, 3.8) is 0 Å². The first-order chi connectivity index (χ1) is 18.4. The molecule has 3 aromatic rings. The van der Waals surface area contributed by atoms with Gasteiger partial charge in [0.05, 0.1) is 44.6 Å². The number of halogens is 6. The summed E-state index contributed by atoms with van der Waals surface area (Å²) in [4.78, 5) is 9.45. The molecule has 0 radical (unpaired) electrons. The highest BCUT2D eigenvalue weighted by Gasteiger charge is 2.31. The molecule has 39 heavy (non-hydrogen) atoms. The zero-order valence-electron chi connectivity index (χ0n) is 20.8. The van der Waals surface area contributed by atoms with Gasteiger partial charge in [0, 0.05) is 17.4 Å². The van der Waals surface area contributed by atoms with Gasteiger partial charge in [-0.05, 0) is 86.6 Å². The lowest BCUT2D eigenvalue weighted by Crippen LogP contribution is -2.16. The number of fused-ring (bicyclic) bond motifs is 2. The monoisotopic (exact) mass is 540 g/mol. The third-order valence-electron chi connectivity index (χ3n) is 6.04. The molecule has 0 saturated heterocycles. The minimum Gasteiger partial charge on any atom is -0.354 e. The van der Waals surface area contributed by atoms with E-state index in [0.29, 0.717) is 44.8 Å². The van der Waals surface area contributed by atoms with Gasteiger partial charge in [-0.15, -0.1) is 0 Å². The van der Waals surface area contributed by atoms with Gasteiger partial charge in [0.2, 0.25) is 0 Å². The summed E-state index contributed by atoms with van der Waals surface area (Å²) in [6.45, 7) is 3.77. The van der Waals surface area contributed by atoms with E-state index in [-0.39, 0.29) is 6.04 Å². The van der Waals surface area contributed by atoms with Crippen molar-refractivity contribution in [2.75, 3.05) is 5.32 Å². The molecule has 0 fully saturated rings. The summed E-state index contributed by atoms with van der Waals surface area (Å²) in [5, 5.41) is 3.67. The number of rotatable bonds is 4. The second kappa shape index (κ2) is 9.76. The summed E-state index contributed by atoms with van der Waals surface area (Å²) in [5.74, 6) is 0. The number of para-hydroxylation sites is 2. The smallest absolute Gasteiger partial charge is 0.354 e. The van der Waals surface area contributed by atoms with Crippen molar-refractivity contribution >= 4 is 22.4 Å². The molecule has 3 aromatic carbocycles. The Morgan fingerprint density at radius 3 is 1.95 bits per heavy atom. The van der Waals surface area contributed by atoms with Crippen LogP contribution in [0.5, 0.6) is 0 Å². The molecule has 0 atom stereocenters.